The number of hydrogen-bond donors (Lipinski definition) is 1. The molecule has 0 radical (unpaired) electrons. The molecule has 0 bridgehead atoms. The molecule has 2 nitrogen and oxygen atoms in total. The first-order valence-electron chi connectivity index (χ1n) is 8.15. The highest BCUT2D eigenvalue weighted by Gasteiger charge is 2.26. The van der Waals surface area contributed by atoms with Gasteiger partial charge in [-0.2, -0.15) is 0 Å². The zero-order chi connectivity index (χ0) is 12.8. The third kappa shape index (κ3) is 3.96. The second kappa shape index (κ2) is 7.49. The predicted molar refractivity (Wildman–Crippen MR) is 76.5 cm³/mol. The summed E-state index contributed by atoms with van der Waals surface area (Å²) >= 11 is 0. The van der Waals surface area contributed by atoms with Crippen LogP contribution in [0.1, 0.15) is 64.7 Å². The molecule has 0 saturated heterocycles. The molecule has 2 aliphatic rings. The van der Waals surface area contributed by atoms with Gasteiger partial charge >= 0.3 is 0 Å². The summed E-state index contributed by atoms with van der Waals surface area (Å²) in [7, 11) is 0. The molecule has 2 unspecified atom stereocenters. The zero-order valence-corrected chi connectivity index (χ0v) is 12.1. The maximum atomic E-state index is 6.19. The van der Waals surface area contributed by atoms with E-state index in [0.717, 1.165) is 30.9 Å². The second-order valence-corrected chi connectivity index (χ2v) is 6.42. The maximum Gasteiger partial charge on any atom is 0.0575 e. The number of hydrogen-bond acceptors (Lipinski definition) is 2. The molecule has 2 rings (SSSR count). The molecular weight excluding hydrogens is 222 g/mol. The van der Waals surface area contributed by atoms with Gasteiger partial charge in [-0.25, -0.2) is 0 Å². The van der Waals surface area contributed by atoms with Crippen LogP contribution in [0.25, 0.3) is 0 Å². The molecule has 2 saturated carbocycles. The maximum absolute atomic E-state index is 6.19. The fourth-order valence-electron chi connectivity index (χ4n) is 3.78. The van der Waals surface area contributed by atoms with E-state index in [2.05, 4.69) is 6.92 Å². The first-order chi connectivity index (χ1) is 8.83. The van der Waals surface area contributed by atoms with Crippen LogP contribution in [-0.4, -0.2) is 19.3 Å². The van der Waals surface area contributed by atoms with Gasteiger partial charge in [0.1, 0.15) is 0 Å². The van der Waals surface area contributed by atoms with E-state index in [1.165, 1.54) is 57.8 Å². The Hall–Kier alpha value is -0.0800. The molecule has 0 spiro atoms. The average Bonchev–Trinajstić information content (AvgIpc) is 2.46. The van der Waals surface area contributed by atoms with E-state index >= 15 is 0 Å². The van der Waals surface area contributed by atoms with Gasteiger partial charge in [0.05, 0.1) is 12.7 Å². The van der Waals surface area contributed by atoms with Crippen LogP contribution in [0.2, 0.25) is 0 Å². The summed E-state index contributed by atoms with van der Waals surface area (Å²) in [5.74, 6) is 2.44. The Morgan fingerprint density at radius 2 is 1.61 bits per heavy atom. The summed E-state index contributed by atoms with van der Waals surface area (Å²) in [6.45, 7) is 4.15. The van der Waals surface area contributed by atoms with Gasteiger partial charge in [0.25, 0.3) is 0 Å². The van der Waals surface area contributed by atoms with Gasteiger partial charge < -0.3 is 10.5 Å². The van der Waals surface area contributed by atoms with Gasteiger partial charge in [-0.1, -0.05) is 26.2 Å². The van der Waals surface area contributed by atoms with Gasteiger partial charge in [-0.05, 0) is 62.8 Å². The molecule has 18 heavy (non-hydrogen) atoms. The molecule has 2 atom stereocenters. The highest BCUT2D eigenvalue weighted by Crippen LogP contribution is 2.32. The van der Waals surface area contributed by atoms with Gasteiger partial charge in [0.15, 0.2) is 0 Å². The summed E-state index contributed by atoms with van der Waals surface area (Å²) in [5.41, 5.74) is 5.88. The van der Waals surface area contributed by atoms with Crippen molar-refractivity contribution in [3.8, 4) is 0 Å². The summed E-state index contributed by atoms with van der Waals surface area (Å²) in [4.78, 5) is 0. The molecular formula is C16H31NO. The quantitative estimate of drug-likeness (QED) is 0.810. The van der Waals surface area contributed by atoms with Crippen LogP contribution in [0.4, 0.5) is 0 Å². The van der Waals surface area contributed by atoms with Crippen molar-refractivity contribution in [1.29, 1.82) is 0 Å². The lowest BCUT2D eigenvalue weighted by Gasteiger charge is -2.33. The highest BCUT2D eigenvalue weighted by molar-refractivity contribution is 4.77. The minimum absolute atomic E-state index is 0.549. The standard InChI is InChI=1S/C16H31NO/c1-2-13-7-9-16(10-8-13)18-12-15-6-4-3-5-14(15)11-17/h13-16H,2-12,17H2,1H3. The zero-order valence-electron chi connectivity index (χ0n) is 12.1. The minimum atomic E-state index is 0.549. The SMILES string of the molecule is CCC1CCC(OCC2CCCCC2CN)CC1. The van der Waals surface area contributed by atoms with Gasteiger partial charge in [0.2, 0.25) is 0 Å². The van der Waals surface area contributed by atoms with Crippen LogP contribution in [0.15, 0.2) is 0 Å². The largest absolute Gasteiger partial charge is 0.378 e. The van der Waals surface area contributed by atoms with Crippen molar-refractivity contribution in [1.82, 2.24) is 0 Å². The van der Waals surface area contributed by atoms with Gasteiger partial charge in [0, 0.05) is 0 Å². The van der Waals surface area contributed by atoms with Crippen molar-refractivity contribution in [2.24, 2.45) is 23.5 Å². The Kier molecular flexibility index (Phi) is 5.97. The Bertz CT molecular complexity index is 223. The molecule has 0 aromatic carbocycles. The molecule has 106 valence electrons. The van der Waals surface area contributed by atoms with E-state index in [9.17, 15) is 0 Å². The van der Waals surface area contributed by atoms with Crippen LogP contribution in [0.5, 0.6) is 0 Å². The molecule has 0 heterocycles. The molecule has 0 aliphatic heterocycles. The molecule has 0 amide bonds. The van der Waals surface area contributed by atoms with E-state index in [1.54, 1.807) is 0 Å². The van der Waals surface area contributed by atoms with E-state index in [1.807, 2.05) is 0 Å². The second-order valence-electron chi connectivity index (χ2n) is 6.42. The molecule has 0 aromatic rings. The first kappa shape index (κ1) is 14.3. The fourth-order valence-corrected chi connectivity index (χ4v) is 3.78. The molecule has 0 aromatic heterocycles. The Morgan fingerprint density at radius 3 is 2.22 bits per heavy atom. The van der Waals surface area contributed by atoms with Gasteiger partial charge in [-0.3, -0.25) is 0 Å². The lowest BCUT2D eigenvalue weighted by molar-refractivity contribution is -0.0181. The summed E-state index contributed by atoms with van der Waals surface area (Å²) in [6, 6.07) is 0. The van der Waals surface area contributed by atoms with Crippen molar-refractivity contribution in [3.05, 3.63) is 0 Å². The van der Waals surface area contributed by atoms with Gasteiger partial charge in [-0.15, -0.1) is 0 Å². The third-order valence-corrected chi connectivity index (χ3v) is 5.29. The normalized spacial score (nSPS) is 37.7. The summed E-state index contributed by atoms with van der Waals surface area (Å²) in [6.07, 6.45) is 12.7. The number of rotatable bonds is 5. The Balaban J connectivity index is 1.67. The van der Waals surface area contributed by atoms with Crippen molar-refractivity contribution < 1.29 is 4.74 Å². The molecule has 2 N–H and O–H groups in total. The average molecular weight is 253 g/mol. The monoisotopic (exact) mass is 253 g/mol. The fraction of sp³-hybridized carbons (Fsp3) is 1.00. The molecule has 2 heteroatoms. The lowest BCUT2D eigenvalue weighted by Crippen LogP contribution is -2.32. The molecule has 2 fully saturated rings. The molecule has 2 aliphatic carbocycles. The highest BCUT2D eigenvalue weighted by atomic mass is 16.5. The van der Waals surface area contributed by atoms with Crippen LogP contribution in [0.3, 0.4) is 0 Å². The van der Waals surface area contributed by atoms with E-state index in [-0.39, 0.29) is 0 Å². The number of ether oxygens (including phenoxy) is 1. The Labute approximate surface area is 113 Å². The predicted octanol–water partition coefficient (Wildman–Crippen LogP) is 3.74. The smallest absolute Gasteiger partial charge is 0.0575 e. The first-order valence-corrected chi connectivity index (χ1v) is 8.15. The summed E-state index contributed by atoms with van der Waals surface area (Å²) < 4.78 is 6.19. The van der Waals surface area contributed by atoms with E-state index < -0.39 is 0 Å². The van der Waals surface area contributed by atoms with E-state index in [4.69, 9.17) is 10.5 Å². The van der Waals surface area contributed by atoms with Crippen molar-refractivity contribution >= 4 is 0 Å². The van der Waals surface area contributed by atoms with Crippen molar-refractivity contribution in [3.63, 3.8) is 0 Å². The van der Waals surface area contributed by atoms with Crippen LogP contribution in [0, 0.1) is 17.8 Å². The van der Waals surface area contributed by atoms with Crippen LogP contribution >= 0.6 is 0 Å². The topological polar surface area (TPSA) is 35.2 Å². The number of nitrogens with two attached hydrogens (primary N) is 1. The Morgan fingerprint density at radius 1 is 0.944 bits per heavy atom. The third-order valence-electron chi connectivity index (χ3n) is 5.29. The van der Waals surface area contributed by atoms with Crippen molar-refractivity contribution in [2.45, 2.75) is 70.8 Å². The minimum Gasteiger partial charge on any atom is -0.378 e. The van der Waals surface area contributed by atoms with Crippen molar-refractivity contribution in [2.75, 3.05) is 13.2 Å². The van der Waals surface area contributed by atoms with Crippen LogP contribution < -0.4 is 5.73 Å². The van der Waals surface area contributed by atoms with Crippen LogP contribution in [-0.2, 0) is 4.74 Å². The van der Waals surface area contributed by atoms with E-state index in [0.29, 0.717) is 6.10 Å². The summed E-state index contributed by atoms with van der Waals surface area (Å²) in [5, 5.41) is 0. The lowest BCUT2D eigenvalue weighted by atomic mass is 9.79.